The Morgan fingerprint density at radius 2 is 0.625 bits per heavy atom. The van der Waals surface area contributed by atoms with Crippen LogP contribution in [0, 0.1) is 0 Å². The molecule has 0 atom stereocenters. The monoisotopic (exact) mass is 420 g/mol. The van der Waals surface area contributed by atoms with E-state index in [1.165, 1.54) is 0 Å². The lowest BCUT2D eigenvalue weighted by Gasteiger charge is -2.22. The van der Waals surface area contributed by atoms with Gasteiger partial charge in [0, 0.05) is 0 Å². The zero-order valence-electron chi connectivity index (χ0n) is 17.5. The predicted octanol–water partition coefficient (Wildman–Crippen LogP) is 4.80. The third-order valence-electron chi connectivity index (χ3n) is 5.29. The van der Waals surface area contributed by atoms with Crippen LogP contribution < -0.4 is 10.6 Å². The first-order valence-corrected chi connectivity index (χ1v) is 10.5. The molecule has 0 spiro atoms. The Labute approximate surface area is 187 Å². The Kier molecular flexibility index (Phi) is 6.73. The molecule has 158 valence electrons. The van der Waals surface area contributed by atoms with Crippen LogP contribution in [0.2, 0.25) is 0 Å². The number of carbonyl (C=O) groups excluding carboxylic acids is 2. The highest BCUT2D eigenvalue weighted by molar-refractivity contribution is 6.35. The zero-order valence-corrected chi connectivity index (χ0v) is 17.5. The fourth-order valence-electron chi connectivity index (χ4n) is 3.69. The molecule has 2 amide bonds. The smallest absolute Gasteiger partial charge is 0.310 e. The summed E-state index contributed by atoms with van der Waals surface area (Å²) in [4.78, 5) is 26.0. The Hall–Kier alpha value is -4.18. The number of carbonyl (C=O) groups is 2. The quantitative estimate of drug-likeness (QED) is 0.440. The fourth-order valence-corrected chi connectivity index (χ4v) is 3.69. The number of rotatable bonds is 6. The molecule has 0 saturated carbocycles. The first kappa shape index (κ1) is 21.1. The molecule has 0 aliphatic rings. The summed E-state index contributed by atoms with van der Waals surface area (Å²) in [6, 6.07) is 37.6. The van der Waals surface area contributed by atoms with Crippen molar-refractivity contribution >= 4 is 11.8 Å². The van der Waals surface area contributed by atoms with Gasteiger partial charge in [0.25, 0.3) is 0 Å². The molecule has 32 heavy (non-hydrogen) atoms. The molecule has 0 aromatic heterocycles. The van der Waals surface area contributed by atoms with E-state index in [1.54, 1.807) is 0 Å². The summed E-state index contributed by atoms with van der Waals surface area (Å²) < 4.78 is 0. The van der Waals surface area contributed by atoms with Crippen LogP contribution in [0.1, 0.15) is 34.3 Å². The molecule has 4 aromatic carbocycles. The van der Waals surface area contributed by atoms with Crippen molar-refractivity contribution in [3.05, 3.63) is 144 Å². The van der Waals surface area contributed by atoms with Crippen molar-refractivity contribution < 1.29 is 9.59 Å². The number of amides is 2. The third-order valence-corrected chi connectivity index (χ3v) is 5.29. The van der Waals surface area contributed by atoms with Gasteiger partial charge in [0.05, 0.1) is 12.1 Å². The van der Waals surface area contributed by atoms with Crippen LogP contribution in [0.25, 0.3) is 0 Å². The van der Waals surface area contributed by atoms with Crippen LogP contribution in [0.5, 0.6) is 0 Å². The topological polar surface area (TPSA) is 58.2 Å². The van der Waals surface area contributed by atoms with Gasteiger partial charge >= 0.3 is 11.8 Å². The number of nitrogens with one attached hydrogen (secondary N) is 2. The molecule has 4 rings (SSSR count). The summed E-state index contributed by atoms with van der Waals surface area (Å²) in [5.74, 6) is -1.36. The minimum atomic E-state index is -0.681. The maximum atomic E-state index is 13.0. The van der Waals surface area contributed by atoms with Gasteiger partial charge in [-0.15, -0.1) is 0 Å². The summed E-state index contributed by atoms with van der Waals surface area (Å²) >= 11 is 0. The van der Waals surface area contributed by atoms with Crippen molar-refractivity contribution in [2.24, 2.45) is 0 Å². The van der Waals surface area contributed by atoms with Gasteiger partial charge in [0.1, 0.15) is 0 Å². The van der Waals surface area contributed by atoms with Gasteiger partial charge in [0.15, 0.2) is 0 Å². The first-order chi connectivity index (χ1) is 15.7. The lowest BCUT2D eigenvalue weighted by atomic mass is 9.98. The molecule has 4 aromatic rings. The van der Waals surface area contributed by atoms with Crippen molar-refractivity contribution in [2.45, 2.75) is 12.1 Å². The van der Waals surface area contributed by atoms with Crippen molar-refractivity contribution in [1.29, 1.82) is 0 Å². The molecule has 0 unspecified atom stereocenters. The van der Waals surface area contributed by atoms with Gasteiger partial charge in [-0.3, -0.25) is 9.59 Å². The number of hydrogen-bond acceptors (Lipinski definition) is 2. The van der Waals surface area contributed by atoms with Crippen LogP contribution in [-0.2, 0) is 9.59 Å². The van der Waals surface area contributed by atoms with Gasteiger partial charge in [-0.1, -0.05) is 121 Å². The van der Waals surface area contributed by atoms with E-state index in [2.05, 4.69) is 10.6 Å². The van der Waals surface area contributed by atoms with Gasteiger partial charge in [-0.05, 0) is 22.3 Å². The second-order valence-corrected chi connectivity index (χ2v) is 7.46. The number of hydrogen-bond donors (Lipinski definition) is 2. The highest BCUT2D eigenvalue weighted by Crippen LogP contribution is 2.23. The van der Waals surface area contributed by atoms with Gasteiger partial charge in [0.2, 0.25) is 0 Å². The second-order valence-electron chi connectivity index (χ2n) is 7.46. The highest BCUT2D eigenvalue weighted by Gasteiger charge is 2.24. The average Bonchev–Trinajstić information content (AvgIpc) is 2.87. The van der Waals surface area contributed by atoms with Crippen LogP contribution >= 0.6 is 0 Å². The molecule has 0 fully saturated rings. The first-order valence-electron chi connectivity index (χ1n) is 10.5. The Morgan fingerprint density at radius 3 is 0.844 bits per heavy atom. The largest absolute Gasteiger partial charge is 0.337 e. The summed E-state index contributed by atoms with van der Waals surface area (Å²) in [5, 5.41) is 5.81. The molecule has 0 bridgehead atoms. The van der Waals surface area contributed by atoms with Crippen LogP contribution in [0.4, 0.5) is 0 Å². The Morgan fingerprint density at radius 1 is 0.406 bits per heavy atom. The fraction of sp³-hybridized carbons (Fsp3) is 0.0714. The summed E-state index contributed by atoms with van der Waals surface area (Å²) in [5.41, 5.74) is 3.62. The van der Waals surface area contributed by atoms with Crippen molar-refractivity contribution in [3.63, 3.8) is 0 Å². The molecule has 0 aliphatic heterocycles. The molecule has 0 heterocycles. The molecular weight excluding hydrogens is 396 g/mol. The van der Waals surface area contributed by atoms with Gasteiger partial charge < -0.3 is 10.6 Å². The van der Waals surface area contributed by atoms with E-state index < -0.39 is 23.9 Å². The molecule has 0 radical (unpaired) electrons. The van der Waals surface area contributed by atoms with Gasteiger partial charge in [-0.2, -0.15) is 0 Å². The predicted molar refractivity (Wildman–Crippen MR) is 126 cm³/mol. The van der Waals surface area contributed by atoms with Crippen molar-refractivity contribution in [1.82, 2.24) is 10.6 Å². The van der Waals surface area contributed by atoms with E-state index in [1.807, 2.05) is 121 Å². The zero-order chi connectivity index (χ0) is 22.2. The SMILES string of the molecule is O=C(NC(c1ccccc1)c1ccccc1)C(=O)NC(c1ccccc1)c1ccccc1. The molecule has 4 nitrogen and oxygen atoms in total. The van der Waals surface area contributed by atoms with E-state index >= 15 is 0 Å². The summed E-state index contributed by atoms with van der Waals surface area (Å²) in [6.07, 6.45) is 0. The van der Waals surface area contributed by atoms with E-state index in [0.717, 1.165) is 22.3 Å². The van der Waals surface area contributed by atoms with Crippen molar-refractivity contribution in [3.8, 4) is 0 Å². The maximum absolute atomic E-state index is 13.0. The van der Waals surface area contributed by atoms with Crippen LogP contribution in [0.3, 0.4) is 0 Å². The Bertz CT molecular complexity index is 973. The minimum absolute atomic E-state index is 0.428. The molecule has 0 saturated heterocycles. The summed E-state index contributed by atoms with van der Waals surface area (Å²) in [7, 11) is 0. The second kappa shape index (κ2) is 10.2. The van der Waals surface area contributed by atoms with Crippen LogP contribution in [-0.4, -0.2) is 11.8 Å². The molecule has 0 aliphatic carbocycles. The Balaban J connectivity index is 1.57. The van der Waals surface area contributed by atoms with Crippen LogP contribution in [0.15, 0.2) is 121 Å². The standard InChI is InChI=1S/C28H24N2O2/c31-27(29-25(21-13-5-1-6-14-21)22-15-7-2-8-16-22)28(32)30-26(23-17-9-3-10-18-23)24-19-11-4-12-20-24/h1-20,25-26H,(H,29,31)(H,30,32). The van der Waals surface area contributed by atoms with E-state index in [4.69, 9.17) is 0 Å². The van der Waals surface area contributed by atoms with E-state index in [9.17, 15) is 9.59 Å². The lowest BCUT2D eigenvalue weighted by molar-refractivity contribution is -0.139. The van der Waals surface area contributed by atoms with E-state index in [0.29, 0.717) is 0 Å². The third kappa shape index (κ3) is 5.10. The molecule has 4 heteroatoms. The normalized spacial score (nSPS) is 10.7. The summed E-state index contributed by atoms with van der Waals surface area (Å²) in [6.45, 7) is 0. The number of benzene rings is 4. The van der Waals surface area contributed by atoms with Gasteiger partial charge in [-0.25, -0.2) is 0 Å². The van der Waals surface area contributed by atoms with E-state index in [-0.39, 0.29) is 0 Å². The molecular formula is C28H24N2O2. The highest BCUT2D eigenvalue weighted by atomic mass is 16.2. The minimum Gasteiger partial charge on any atom is -0.337 e. The maximum Gasteiger partial charge on any atom is 0.310 e. The average molecular weight is 421 g/mol. The molecule has 2 N–H and O–H groups in total. The lowest BCUT2D eigenvalue weighted by Crippen LogP contribution is -2.43. The van der Waals surface area contributed by atoms with Crippen molar-refractivity contribution in [2.75, 3.05) is 0 Å².